The number of hydrogen-bond donors (Lipinski definition) is 0. The molecule has 1 heterocycles. The number of ether oxygens (including phenoxy) is 1. The summed E-state index contributed by atoms with van der Waals surface area (Å²) in [4.78, 5) is 17.6. The molecule has 0 bridgehead atoms. The standard InChI is InChI=1S/C27H18ClNO3/c28-24-13-7-5-11-20(24)17-31-25-15-14-18-8-4-6-12-21(18)22(25)16-23-26(29-32-27(23)30)19-9-2-1-3-10-19/h1-16H,17H2/b23-16-. The molecule has 0 saturated carbocycles. The molecule has 1 aliphatic heterocycles. The van der Waals surface area contributed by atoms with Gasteiger partial charge in [-0.15, -0.1) is 0 Å². The molecule has 4 aromatic carbocycles. The number of benzene rings is 4. The molecule has 5 rings (SSSR count). The Morgan fingerprint density at radius 1 is 0.875 bits per heavy atom. The Morgan fingerprint density at radius 3 is 2.47 bits per heavy atom. The number of carbonyl (C=O) groups is 1. The Kier molecular flexibility index (Phi) is 5.44. The summed E-state index contributed by atoms with van der Waals surface area (Å²) in [6, 6.07) is 28.9. The molecule has 0 spiro atoms. The minimum absolute atomic E-state index is 0.304. The summed E-state index contributed by atoms with van der Waals surface area (Å²) < 4.78 is 6.18. The number of hydrogen-bond acceptors (Lipinski definition) is 4. The average molecular weight is 440 g/mol. The van der Waals surface area contributed by atoms with Gasteiger partial charge in [0.2, 0.25) is 0 Å². The van der Waals surface area contributed by atoms with Gasteiger partial charge in [0, 0.05) is 21.7 Å². The Bertz CT molecular complexity index is 1380. The molecule has 156 valence electrons. The van der Waals surface area contributed by atoms with Crippen LogP contribution in [-0.2, 0) is 16.2 Å². The second-order valence-corrected chi connectivity index (χ2v) is 7.73. The number of oxime groups is 1. The van der Waals surface area contributed by atoms with Crippen molar-refractivity contribution in [3.8, 4) is 5.75 Å². The van der Waals surface area contributed by atoms with Crippen molar-refractivity contribution >= 4 is 40.1 Å². The maximum absolute atomic E-state index is 12.6. The van der Waals surface area contributed by atoms with Gasteiger partial charge in [-0.05, 0) is 29.0 Å². The van der Waals surface area contributed by atoms with Crippen molar-refractivity contribution in [1.29, 1.82) is 0 Å². The van der Waals surface area contributed by atoms with Gasteiger partial charge < -0.3 is 9.57 Å². The minimum Gasteiger partial charge on any atom is -0.488 e. The highest BCUT2D eigenvalue weighted by Crippen LogP contribution is 2.33. The minimum atomic E-state index is -0.492. The lowest BCUT2D eigenvalue weighted by Gasteiger charge is -2.13. The van der Waals surface area contributed by atoms with Crippen LogP contribution in [0.5, 0.6) is 5.75 Å². The van der Waals surface area contributed by atoms with Crippen molar-refractivity contribution < 1.29 is 14.4 Å². The first-order valence-corrected chi connectivity index (χ1v) is 10.5. The third-order valence-corrected chi connectivity index (χ3v) is 5.67. The maximum Gasteiger partial charge on any atom is 0.368 e. The molecule has 4 nitrogen and oxygen atoms in total. The average Bonchev–Trinajstić information content (AvgIpc) is 3.20. The highest BCUT2D eigenvalue weighted by atomic mass is 35.5. The van der Waals surface area contributed by atoms with E-state index < -0.39 is 5.97 Å². The van der Waals surface area contributed by atoms with E-state index >= 15 is 0 Å². The van der Waals surface area contributed by atoms with Gasteiger partial charge in [-0.25, -0.2) is 4.79 Å². The van der Waals surface area contributed by atoms with E-state index in [1.54, 1.807) is 6.08 Å². The lowest BCUT2D eigenvalue weighted by atomic mass is 9.97. The summed E-state index contributed by atoms with van der Waals surface area (Å²) >= 11 is 6.30. The van der Waals surface area contributed by atoms with E-state index in [1.165, 1.54) is 0 Å². The smallest absolute Gasteiger partial charge is 0.368 e. The molecule has 0 radical (unpaired) electrons. The fourth-order valence-corrected chi connectivity index (χ4v) is 3.87. The monoisotopic (exact) mass is 439 g/mol. The van der Waals surface area contributed by atoms with Crippen molar-refractivity contribution in [3.63, 3.8) is 0 Å². The molecule has 0 aliphatic carbocycles. The van der Waals surface area contributed by atoms with Crippen LogP contribution in [0, 0.1) is 0 Å². The van der Waals surface area contributed by atoms with Crippen molar-refractivity contribution in [1.82, 2.24) is 0 Å². The summed E-state index contributed by atoms with van der Waals surface area (Å²) in [6.07, 6.45) is 1.80. The number of fused-ring (bicyclic) bond motifs is 1. The fraction of sp³-hybridized carbons (Fsp3) is 0.0370. The molecule has 0 amide bonds. The third kappa shape index (κ3) is 3.88. The molecule has 1 aliphatic rings. The van der Waals surface area contributed by atoms with Gasteiger partial charge in [-0.2, -0.15) is 0 Å². The zero-order valence-electron chi connectivity index (χ0n) is 17.0. The highest BCUT2D eigenvalue weighted by molar-refractivity contribution is 6.32. The SMILES string of the molecule is O=C1ON=C(c2ccccc2)/C1=C/c1c(OCc2ccccc2Cl)ccc2ccccc12. The van der Waals surface area contributed by atoms with E-state index in [9.17, 15) is 4.79 Å². The third-order valence-electron chi connectivity index (χ3n) is 5.30. The summed E-state index contributed by atoms with van der Waals surface area (Å²) in [5.41, 5.74) is 3.36. The Hall–Kier alpha value is -3.89. The fourth-order valence-electron chi connectivity index (χ4n) is 3.68. The molecule has 0 aromatic heterocycles. The van der Waals surface area contributed by atoms with E-state index in [0.29, 0.717) is 28.7 Å². The van der Waals surface area contributed by atoms with Crippen LogP contribution >= 0.6 is 11.6 Å². The van der Waals surface area contributed by atoms with Crippen molar-refractivity contribution in [2.45, 2.75) is 6.61 Å². The summed E-state index contributed by atoms with van der Waals surface area (Å²) in [5, 5.41) is 6.66. The van der Waals surface area contributed by atoms with Crippen LogP contribution in [0.25, 0.3) is 16.8 Å². The molecule has 0 unspecified atom stereocenters. The van der Waals surface area contributed by atoms with Gasteiger partial charge in [0.05, 0.1) is 5.57 Å². The normalized spacial score (nSPS) is 14.5. The first kappa shape index (κ1) is 20.0. The van der Waals surface area contributed by atoms with Crippen LogP contribution in [0.1, 0.15) is 16.7 Å². The molecule has 4 aromatic rings. The van der Waals surface area contributed by atoms with Crippen LogP contribution in [0.4, 0.5) is 0 Å². The second kappa shape index (κ2) is 8.69. The largest absolute Gasteiger partial charge is 0.488 e. The van der Waals surface area contributed by atoms with E-state index in [2.05, 4.69) is 5.16 Å². The quantitative estimate of drug-likeness (QED) is 0.266. The number of rotatable bonds is 5. The van der Waals surface area contributed by atoms with Gasteiger partial charge in [-0.1, -0.05) is 95.6 Å². The zero-order valence-corrected chi connectivity index (χ0v) is 17.8. The Morgan fingerprint density at radius 2 is 1.62 bits per heavy atom. The van der Waals surface area contributed by atoms with Crippen LogP contribution < -0.4 is 4.74 Å². The lowest BCUT2D eigenvalue weighted by molar-refractivity contribution is -0.136. The molecular formula is C27H18ClNO3. The molecule has 0 saturated heterocycles. The van der Waals surface area contributed by atoms with Crippen molar-refractivity contribution in [2.24, 2.45) is 5.16 Å². The topological polar surface area (TPSA) is 47.9 Å². The molecular weight excluding hydrogens is 422 g/mol. The van der Waals surface area contributed by atoms with Gasteiger partial charge in [0.15, 0.2) is 0 Å². The van der Waals surface area contributed by atoms with E-state index in [-0.39, 0.29) is 0 Å². The lowest BCUT2D eigenvalue weighted by Crippen LogP contribution is -2.07. The van der Waals surface area contributed by atoms with E-state index in [4.69, 9.17) is 21.2 Å². The molecule has 0 N–H and O–H groups in total. The van der Waals surface area contributed by atoms with Gasteiger partial charge in [-0.3, -0.25) is 0 Å². The maximum atomic E-state index is 12.6. The predicted molar refractivity (Wildman–Crippen MR) is 127 cm³/mol. The zero-order chi connectivity index (χ0) is 21.9. The van der Waals surface area contributed by atoms with Crippen LogP contribution in [0.3, 0.4) is 0 Å². The number of carbonyl (C=O) groups excluding carboxylic acids is 1. The summed E-state index contributed by atoms with van der Waals surface area (Å²) in [7, 11) is 0. The number of halogens is 1. The molecule has 5 heteroatoms. The Balaban J connectivity index is 1.60. The van der Waals surface area contributed by atoms with Crippen LogP contribution in [0.2, 0.25) is 5.02 Å². The van der Waals surface area contributed by atoms with Crippen LogP contribution in [-0.4, -0.2) is 11.7 Å². The van der Waals surface area contributed by atoms with Gasteiger partial charge >= 0.3 is 5.97 Å². The van der Waals surface area contributed by atoms with Crippen molar-refractivity contribution in [2.75, 3.05) is 0 Å². The highest BCUT2D eigenvalue weighted by Gasteiger charge is 2.27. The first-order chi connectivity index (χ1) is 15.7. The predicted octanol–water partition coefficient (Wildman–Crippen LogP) is 6.42. The summed E-state index contributed by atoms with van der Waals surface area (Å²) in [5.74, 6) is 0.150. The first-order valence-electron chi connectivity index (χ1n) is 10.2. The molecule has 0 fully saturated rings. The molecule has 32 heavy (non-hydrogen) atoms. The van der Waals surface area contributed by atoms with E-state index in [1.807, 2.05) is 91.0 Å². The van der Waals surface area contributed by atoms with E-state index in [0.717, 1.165) is 27.5 Å². The van der Waals surface area contributed by atoms with Crippen LogP contribution in [0.15, 0.2) is 102 Å². The van der Waals surface area contributed by atoms with Gasteiger partial charge in [0.25, 0.3) is 0 Å². The van der Waals surface area contributed by atoms with Crippen molar-refractivity contribution in [3.05, 3.63) is 118 Å². The Labute approximate surface area is 190 Å². The molecule has 0 atom stereocenters. The van der Waals surface area contributed by atoms with Gasteiger partial charge in [0.1, 0.15) is 18.1 Å². The number of nitrogens with zero attached hydrogens (tertiary/aromatic N) is 1. The summed E-state index contributed by atoms with van der Waals surface area (Å²) in [6.45, 7) is 0.304. The second-order valence-electron chi connectivity index (χ2n) is 7.32.